The van der Waals surface area contributed by atoms with Gasteiger partial charge in [-0.05, 0) is 24.0 Å². The Bertz CT molecular complexity index is 1270. The van der Waals surface area contributed by atoms with Crippen molar-refractivity contribution in [1.82, 2.24) is 20.4 Å². The van der Waals surface area contributed by atoms with E-state index in [-0.39, 0.29) is 16.8 Å². The monoisotopic (exact) mass is 406 g/mol. The highest BCUT2D eigenvalue weighted by atomic mass is 16.2. The zero-order valence-corrected chi connectivity index (χ0v) is 17.0. The normalized spacial score (nSPS) is 15.0. The lowest BCUT2D eigenvalue weighted by atomic mass is 9.75. The van der Waals surface area contributed by atoms with Gasteiger partial charge in [-0.2, -0.15) is 0 Å². The molecule has 2 heterocycles. The first kappa shape index (κ1) is 19.6. The van der Waals surface area contributed by atoms with Gasteiger partial charge in [-0.1, -0.05) is 32.0 Å². The fourth-order valence-corrected chi connectivity index (χ4v) is 3.97. The molecular weight excluding hydrogens is 384 g/mol. The standard InChI is InChI=1S/C22H22N4O4/c1-22(2)9-16-13(18(27)10-22)8-14(19(28)23-16)20(29)24-25-21(30)15-11-26(3)17-7-5-4-6-12(15)17/h4-8,11H,9-10H2,1-3H3,(H,23,28)(H,24,29)(H,25,30). The molecule has 1 aliphatic rings. The van der Waals surface area contributed by atoms with Gasteiger partial charge in [0.15, 0.2) is 5.78 Å². The Kier molecular flexibility index (Phi) is 4.57. The minimum absolute atomic E-state index is 0.119. The molecule has 2 amide bonds. The Morgan fingerprint density at radius 2 is 1.70 bits per heavy atom. The number of aromatic amines is 1. The van der Waals surface area contributed by atoms with Gasteiger partial charge in [0, 0.05) is 41.8 Å². The summed E-state index contributed by atoms with van der Waals surface area (Å²) in [7, 11) is 1.82. The number of fused-ring (bicyclic) bond motifs is 2. The number of hydrogen-bond donors (Lipinski definition) is 3. The van der Waals surface area contributed by atoms with Crippen LogP contribution in [0.1, 0.15) is 57.0 Å². The maximum absolute atomic E-state index is 12.6. The fraction of sp³-hybridized carbons (Fsp3) is 0.273. The second-order valence-electron chi connectivity index (χ2n) is 8.42. The Balaban J connectivity index is 1.55. The molecule has 0 bridgehead atoms. The van der Waals surface area contributed by atoms with E-state index >= 15 is 0 Å². The molecule has 8 nitrogen and oxygen atoms in total. The molecule has 1 aromatic carbocycles. The maximum atomic E-state index is 12.6. The second-order valence-corrected chi connectivity index (χ2v) is 8.42. The number of nitrogens with zero attached hydrogens (tertiary/aromatic N) is 1. The molecule has 0 unspecified atom stereocenters. The molecular formula is C22H22N4O4. The first-order chi connectivity index (χ1) is 14.2. The number of nitrogens with one attached hydrogen (secondary N) is 3. The van der Waals surface area contributed by atoms with Crippen molar-refractivity contribution < 1.29 is 14.4 Å². The molecule has 0 atom stereocenters. The van der Waals surface area contributed by atoms with Gasteiger partial charge in [-0.3, -0.25) is 30.0 Å². The number of carbonyl (C=O) groups excluding carboxylic acids is 3. The van der Waals surface area contributed by atoms with Gasteiger partial charge in [0.1, 0.15) is 5.56 Å². The molecule has 0 fully saturated rings. The molecule has 0 aliphatic heterocycles. The molecule has 1 aliphatic carbocycles. The molecule has 3 N–H and O–H groups in total. The summed E-state index contributed by atoms with van der Waals surface area (Å²) in [5.74, 6) is -1.41. The molecule has 0 spiro atoms. The summed E-state index contributed by atoms with van der Waals surface area (Å²) in [4.78, 5) is 52.6. The van der Waals surface area contributed by atoms with Crippen LogP contribution in [-0.4, -0.2) is 27.1 Å². The number of aryl methyl sites for hydroxylation is 1. The average Bonchev–Trinajstić information content (AvgIpc) is 3.01. The van der Waals surface area contributed by atoms with Gasteiger partial charge in [0.05, 0.1) is 5.56 Å². The van der Waals surface area contributed by atoms with Crippen LogP contribution in [0.4, 0.5) is 0 Å². The van der Waals surface area contributed by atoms with Gasteiger partial charge in [0.25, 0.3) is 17.4 Å². The van der Waals surface area contributed by atoms with Crippen molar-refractivity contribution in [2.24, 2.45) is 12.5 Å². The highest BCUT2D eigenvalue weighted by Crippen LogP contribution is 2.33. The number of H-pyrrole nitrogens is 1. The highest BCUT2D eigenvalue weighted by molar-refractivity contribution is 6.08. The smallest absolute Gasteiger partial charge is 0.275 e. The maximum Gasteiger partial charge on any atom is 0.275 e. The zero-order valence-electron chi connectivity index (χ0n) is 17.0. The van der Waals surface area contributed by atoms with Crippen molar-refractivity contribution >= 4 is 28.5 Å². The van der Waals surface area contributed by atoms with E-state index < -0.39 is 17.4 Å². The van der Waals surface area contributed by atoms with E-state index in [1.54, 1.807) is 6.20 Å². The van der Waals surface area contributed by atoms with Crippen LogP contribution in [0, 0.1) is 5.41 Å². The number of aromatic nitrogens is 2. The van der Waals surface area contributed by atoms with Crippen molar-refractivity contribution in [3.63, 3.8) is 0 Å². The molecule has 0 saturated carbocycles. The lowest BCUT2D eigenvalue weighted by molar-refractivity contribution is 0.0845. The number of benzene rings is 1. The molecule has 4 rings (SSSR count). The van der Waals surface area contributed by atoms with Gasteiger partial charge in [-0.25, -0.2) is 0 Å². The highest BCUT2D eigenvalue weighted by Gasteiger charge is 2.32. The number of Topliss-reactive ketones (excluding diaryl/α,β-unsaturated/α-hetero) is 1. The molecule has 154 valence electrons. The summed E-state index contributed by atoms with van der Waals surface area (Å²) >= 11 is 0. The summed E-state index contributed by atoms with van der Waals surface area (Å²) in [6.07, 6.45) is 2.55. The van der Waals surface area contributed by atoms with Crippen molar-refractivity contribution in [3.05, 3.63) is 69.3 Å². The van der Waals surface area contributed by atoms with Gasteiger partial charge >= 0.3 is 0 Å². The number of hydrazine groups is 1. The summed E-state index contributed by atoms with van der Waals surface area (Å²) in [6, 6.07) is 8.70. The Morgan fingerprint density at radius 1 is 1.03 bits per heavy atom. The van der Waals surface area contributed by atoms with E-state index in [4.69, 9.17) is 0 Å². The lowest BCUT2D eigenvalue weighted by Crippen LogP contribution is -2.44. The third-order valence-electron chi connectivity index (χ3n) is 5.39. The van der Waals surface area contributed by atoms with E-state index in [1.807, 2.05) is 49.7 Å². The summed E-state index contributed by atoms with van der Waals surface area (Å²) < 4.78 is 1.81. The van der Waals surface area contributed by atoms with Crippen LogP contribution in [-0.2, 0) is 13.5 Å². The molecule has 8 heteroatoms. The first-order valence-corrected chi connectivity index (χ1v) is 9.60. The van der Waals surface area contributed by atoms with Crippen LogP contribution in [0.2, 0.25) is 0 Å². The topological polar surface area (TPSA) is 113 Å². The lowest BCUT2D eigenvalue weighted by Gasteiger charge is -2.29. The van der Waals surface area contributed by atoms with Crippen LogP contribution in [0.15, 0.2) is 41.3 Å². The summed E-state index contributed by atoms with van der Waals surface area (Å²) in [6.45, 7) is 3.91. The van der Waals surface area contributed by atoms with Crippen LogP contribution >= 0.6 is 0 Å². The van der Waals surface area contributed by atoms with E-state index in [1.165, 1.54) is 6.07 Å². The third-order valence-corrected chi connectivity index (χ3v) is 5.39. The van der Waals surface area contributed by atoms with Crippen molar-refractivity contribution in [3.8, 4) is 0 Å². The zero-order chi connectivity index (χ0) is 21.6. The first-order valence-electron chi connectivity index (χ1n) is 9.60. The van der Waals surface area contributed by atoms with Gasteiger partial charge < -0.3 is 9.55 Å². The number of amides is 2. The molecule has 0 saturated heterocycles. The van der Waals surface area contributed by atoms with Crippen LogP contribution in [0.25, 0.3) is 10.9 Å². The number of rotatable bonds is 2. The van der Waals surface area contributed by atoms with Gasteiger partial charge in [0.2, 0.25) is 0 Å². The molecule has 0 radical (unpaired) electrons. The quantitative estimate of drug-likeness (QED) is 0.566. The van der Waals surface area contributed by atoms with Crippen molar-refractivity contribution in [1.29, 1.82) is 0 Å². The average molecular weight is 406 g/mol. The van der Waals surface area contributed by atoms with Crippen LogP contribution in [0.3, 0.4) is 0 Å². The number of ketones is 1. The molecule has 3 aromatic rings. The fourth-order valence-electron chi connectivity index (χ4n) is 3.97. The minimum atomic E-state index is -0.787. The predicted octanol–water partition coefficient (Wildman–Crippen LogP) is 2.10. The van der Waals surface area contributed by atoms with Crippen LogP contribution in [0.5, 0.6) is 0 Å². The van der Waals surface area contributed by atoms with E-state index in [0.29, 0.717) is 29.7 Å². The van der Waals surface area contributed by atoms with Gasteiger partial charge in [-0.15, -0.1) is 0 Å². The third kappa shape index (κ3) is 3.41. The Morgan fingerprint density at radius 3 is 2.43 bits per heavy atom. The number of hydrogen-bond acceptors (Lipinski definition) is 4. The van der Waals surface area contributed by atoms with E-state index in [2.05, 4.69) is 15.8 Å². The largest absolute Gasteiger partial charge is 0.350 e. The number of carbonyl (C=O) groups is 3. The molecule has 2 aromatic heterocycles. The Hall–Kier alpha value is -3.68. The van der Waals surface area contributed by atoms with E-state index in [9.17, 15) is 19.2 Å². The second kappa shape index (κ2) is 6.98. The van der Waals surface area contributed by atoms with Crippen molar-refractivity contribution in [2.75, 3.05) is 0 Å². The molecule has 30 heavy (non-hydrogen) atoms. The Labute approximate surface area is 172 Å². The summed E-state index contributed by atoms with van der Waals surface area (Å²) in [5.41, 5.74) is 5.70. The van der Waals surface area contributed by atoms with Crippen LogP contribution < -0.4 is 16.4 Å². The predicted molar refractivity (Wildman–Crippen MR) is 111 cm³/mol. The number of para-hydroxylation sites is 1. The summed E-state index contributed by atoms with van der Waals surface area (Å²) in [5, 5.41) is 0.742. The van der Waals surface area contributed by atoms with Crippen molar-refractivity contribution in [2.45, 2.75) is 26.7 Å². The minimum Gasteiger partial charge on any atom is -0.350 e. The SMILES string of the molecule is Cn1cc(C(=O)NNC(=O)c2cc3c([nH]c2=O)CC(C)(C)CC3=O)c2ccccc21. The van der Waals surface area contributed by atoms with E-state index in [0.717, 1.165) is 10.9 Å². The number of pyridine rings is 1.